The Morgan fingerprint density at radius 2 is 2.16 bits per heavy atom. The molecule has 1 unspecified atom stereocenters. The molecular weight excluding hydrogens is 254 g/mol. The largest absolute Gasteiger partial charge is 0.480 e. The summed E-state index contributed by atoms with van der Waals surface area (Å²) in [5.74, 6) is -1.70. The molecule has 2 rings (SSSR count). The van der Waals surface area contributed by atoms with Crippen LogP contribution in [0.15, 0.2) is 5.10 Å². The van der Waals surface area contributed by atoms with Crippen LogP contribution in [0.25, 0.3) is 0 Å². The van der Waals surface area contributed by atoms with E-state index in [-0.39, 0.29) is 37.6 Å². The van der Waals surface area contributed by atoms with Gasteiger partial charge < -0.3 is 14.7 Å². The fourth-order valence-corrected chi connectivity index (χ4v) is 2.04. The topological polar surface area (TPSA) is 99.5 Å². The third-order valence-corrected chi connectivity index (χ3v) is 3.13. The van der Waals surface area contributed by atoms with Crippen molar-refractivity contribution in [3.8, 4) is 0 Å². The molecule has 1 N–H and O–H groups in total. The van der Waals surface area contributed by atoms with Crippen molar-refractivity contribution in [2.45, 2.75) is 18.9 Å². The first-order valence-corrected chi connectivity index (χ1v) is 5.96. The van der Waals surface area contributed by atoms with Gasteiger partial charge in [-0.2, -0.15) is 5.10 Å². The molecule has 1 atom stereocenters. The molecule has 0 aromatic rings. The number of aliphatic carboxylic acids is 1. The van der Waals surface area contributed by atoms with Gasteiger partial charge in [0, 0.05) is 26.4 Å². The molecule has 0 bridgehead atoms. The van der Waals surface area contributed by atoms with Crippen LogP contribution in [-0.4, -0.2) is 71.4 Å². The van der Waals surface area contributed by atoms with Gasteiger partial charge in [-0.15, -0.1) is 0 Å². The van der Waals surface area contributed by atoms with Crippen LogP contribution in [-0.2, 0) is 19.1 Å². The normalized spacial score (nSPS) is 24.2. The molecule has 2 aliphatic rings. The molecule has 8 nitrogen and oxygen atoms in total. The predicted molar refractivity (Wildman–Crippen MR) is 63.4 cm³/mol. The van der Waals surface area contributed by atoms with E-state index in [1.165, 1.54) is 11.9 Å². The first-order valence-electron chi connectivity index (χ1n) is 5.96. The van der Waals surface area contributed by atoms with Gasteiger partial charge in [-0.3, -0.25) is 9.59 Å². The van der Waals surface area contributed by atoms with Gasteiger partial charge >= 0.3 is 5.97 Å². The van der Waals surface area contributed by atoms with Gasteiger partial charge in [0.2, 0.25) is 5.91 Å². The van der Waals surface area contributed by atoms with Crippen LogP contribution in [0, 0.1) is 0 Å². The summed E-state index contributed by atoms with van der Waals surface area (Å²) in [4.78, 5) is 35.9. The van der Waals surface area contributed by atoms with E-state index in [0.29, 0.717) is 6.61 Å². The summed E-state index contributed by atoms with van der Waals surface area (Å²) in [6.45, 7) is 0.493. The van der Waals surface area contributed by atoms with Crippen molar-refractivity contribution in [2.24, 2.45) is 5.10 Å². The second-order valence-corrected chi connectivity index (χ2v) is 4.39. The number of hydrogen-bond acceptors (Lipinski definition) is 5. The summed E-state index contributed by atoms with van der Waals surface area (Å²) in [6.07, 6.45) is 0.453. The number of carbonyl (C=O) groups is 3. The summed E-state index contributed by atoms with van der Waals surface area (Å²) in [5, 5.41) is 14.1. The van der Waals surface area contributed by atoms with Crippen LogP contribution in [0.3, 0.4) is 0 Å². The highest BCUT2D eigenvalue weighted by Gasteiger charge is 2.35. The molecule has 1 fully saturated rings. The summed E-state index contributed by atoms with van der Waals surface area (Å²) in [6, 6.07) is -0.994. The molecule has 0 aromatic heterocycles. The average molecular weight is 269 g/mol. The highest BCUT2D eigenvalue weighted by atomic mass is 16.5. The third kappa shape index (κ3) is 2.73. The molecule has 0 aromatic carbocycles. The maximum atomic E-state index is 12.3. The molecule has 2 heterocycles. The van der Waals surface area contributed by atoms with E-state index in [2.05, 4.69) is 5.10 Å². The number of carbonyl (C=O) groups excluding carboxylic acids is 2. The molecule has 2 amide bonds. The number of amides is 2. The third-order valence-electron chi connectivity index (χ3n) is 3.13. The fourth-order valence-electron chi connectivity index (χ4n) is 2.04. The summed E-state index contributed by atoms with van der Waals surface area (Å²) in [7, 11) is 1.47. The Labute approximate surface area is 109 Å². The van der Waals surface area contributed by atoms with Crippen LogP contribution in [0.2, 0.25) is 0 Å². The lowest BCUT2D eigenvalue weighted by Crippen LogP contribution is -2.55. The zero-order valence-corrected chi connectivity index (χ0v) is 10.5. The van der Waals surface area contributed by atoms with E-state index in [9.17, 15) is 14.4 Å². The summed E-state index contributed by atoms with van der Waals surface area (Å²) >= 11 is 0. The number of nitrogens with zero attached hydrogens (tertiary/aromatic N) is 3. The minimum absolute atomic E-state index is 0.0247. The second-order valence-electron chi connectivity index (χ2n) is 4.39. The Kier molecular flexibility index (Phi) is 3.79. The van der Waals surface area contributed by atoms with Gasteiger partial charge in [-0.05, 0) is 0 Å². The highest BCUT2D eigenvalue weighted by Crippen LogP contribution is 2.13. The van der Waals surface area contributed by atoms with Crippen LogP contribution in [0.5, 0.6) is 0 Å². The maximum absolute atomic E-state index is 12.3. The zero-order chi connectivity index (χ0) is 14.0. The van der Waals surface area contributed by atoms with E-state index in [4.69, 9.17) is 9.84 Å². The van der Waals surface area contributed by atoms with Gasteiger partial charge in [0.05, 0.1) is 13.2 Å². The Hall–Kier alpha value is -1.96. The van der Waals surface area contributed by atoms with Crippen molar-refractivity contribution in [3.63, 3.8) is 0 Å². The second kappa shape index (κ2) is 5.35. The van der Waals surface area contributed by atoms with Crippen molar-refractivity contribution < 1.29 is 24.2 Å². The Balaban J connectivity index is 2.16. The van der Waals surface area contributed by atoms with E-state index < -0.39 is 17.9 Å². The average Bonchev–Trinajstić information content (AvgIpc) is 2.41. The lowest BCUT2D eigenvalue weighted by molar-refractivity contribution is -0.155. The van der Waals surface area contributed by atoms with Gasteiger partial charge in [0.15, 0.2) is 6.04 Å². The van der Waals surface area contributed by atoms with E-state index >= 15 is 0 Å². The van der Waals surface area contributed by atoms with Crippen LogP contribution >= 0.6 is 0 Å². The number of hydrogen-bond donors (Lipinski definition) is 1. The number of rotatable bonds is 2. The SMILES string of the molecule is CN1N=C(C(=O)N2CCOCC2C(=O)O)CCC1=O. The maximum Gasteiger partial charge on any atom is 0.328 e. The smallest absolute Gasteiger partial charge is 0.328 e. The van der Waals surface area contributed by atoms with Crippen molar-refractivity contribution in [1.29, 1.82) is 0 Å². The number of carboxylic acid groups (broad SMARTS) is 1. The highest BCUT2D eigenvalue weighted by molar-refractivity contribution is 6.39. The minimum atomic E-state index is -1.10. The summed E-state index contributed by atoms with van der Waals surface area (Å²) in [5.41, 5.74) is 0.218. The van der Waals surface area contributed by atoms with Gasteiger partial charge in [0.1, 0.15) is 5.71 Å². The molecule has 1 saturated heterocycles. The molecule has 2 aliphatic heterocycles. The molecule has 0 saturated carbocycles. The van der Waals surface area contributed by atoms with E-state index in [1.54, 1.807) is 0 Å². The molecule has 0 aliphatic carbocycles. The molecule has 0 spiro atoms. The van der Waals surface area contributed by atoms with Crippen molar-refractivity contribution in [2.75, 3.05) is 26.8 Å². The fraction of sp³-hybridized carbons (Fsp3) is 0.636. The summed E-state index contributed by atoms with van der Waals surface area (Å²) < 4.78 is 5.07. The standard InChI is InChI=1S/C11H15N3O5/c1-13-9(15)3-2-7(12-13)10(16)14-4-5-19-6-8(14)11(17)18/h8H,2-6H2,1H3,(H,17,18). The number of hydrazone groups is 1. The number of ether oxygens (including phenoxy) is 1. The van der Waals surface area contributed by atoms with E-state index in [0.717, 1.165) is 5.01 Å². The minimum Gasteiger partial charge on any atom is -0.480 e. The Bertz CT molecular complexity index is 448. The quantitative estimate of drug-likeness (QED) is 0.686. The Morgan fingerprint density at radius 1 is 1.42 bits per heavy atom. The molecule has 19 heavy (non-hydrogen) atoms. The van der Waals surface area contributed by atoms with Crippen molar-refractivity contribution >= 4 is 23.5 Å². The monoisotopic (exact) mass is 269 g/mol. The molecular formula is C11H15N3O5. The van der Waals surface area contributed by atoms with Crippen LogP contribution < -0.4 is 0 Å². The number of morpholine rings is 1. The first-order chi connectivity index (χ1) is 9.00. The molecule has 0 radical (unpaired) electrons. The van der Waals surface area contributed by atoms with Gasteiger partial charge in [-0.1, -0.05) is 0 Å². The van der Waals surface area contributed by atoms with Crippen LogP contribution in [0.4, 0.5) is 0 Å². The molecule has 8 heteroatoms. The van der Waals surface area contributed by atoms with Crippen molar-refractivity contribution in [3.05, 3.63) is 0 Å². The predicted octanol–water partition coefficient (Wildman–Crippen LogP) is -1.09. The molecule has 104 valence electrons. The Morgan fingerprint density at radius 3 is 2.79 bits per heavy atom. The van der Waals surface area contributed by atoms with Gasteiger partial charge in [-0.25, -0.2) is 9.80 Å². The first kappa shape index (κ1) is 13.5. The van der Waals surface area contributed by atoms with Crippen molar-refractivity contribution in [1.82, 2.24) is 9.91 Å². The van der Waals surface area contributed by atoms with E-state index in [1.807, 2.05) is 0 Å². The number of carboxylic acids is 1. The zero-order valence-electron chi connectivity index (χ0n) is 10.5. The van der Waals surface area contributed by atoms with Gasteiger partial charge in [0.25, 0.3) is 5.91 Å². The lowest BCUT2D eigenvalue weighted by atomic mass is 10.1. The lowest BCUT2D eigenvalue weighted by Gasteiger charge is -2.33. The van der Waals surface area contributed by atoms with Crippen LogP contribution in [0.1, 0.15) is 12.8 Å².